The molecular weight excluding hydrogens is 442 g/mol. The van der Waals surface area contributed by atoms with Crippen molar-refractivity contribution in [1.29, 1.82) is 0 Å². The average molecular weight is 460 g/mol. The fourth-order valence-corrected chi connectivity index (χ4v) is 4.68. The molecule has 1 aliphatic heterocycles. The zero-order valence-electron chi connectivity index (χ0n) is 15.3. The van der Waals surface area contributed by atoms with Crippen molar-refractivity contribution < 1.29 is 9.59 Å². The molecule has 0 unspecified atom stereocenters. The van der Waals surface area contributed by atoms with Gasteiger partial charge in [0, 0.05) is 24.0 Å². The van der Waals surface area contributed by atoms with Crippen LogP contribution in [0.5, 0.6) is 0 Å². The Kier molecular flexibility index (Phi) is 4.80. The molecule has 0 bridgehead atoms. The number of rotatable bonds is 5. The van der Waals surface area contributed by atoms with Crippen molar-refractivity contribution in [1.82, 2.24) is 20.2 Å². The number of fused-ring (bicyclic) bond motifs is 1. The second kappa shape index (κ2) is 7.14. The summed E-state index contributed by atoms with van der Waals surface area (Å²) in [6, 6.07) is 9.93. The van der Waals surface area contributed by atoms with Crippen LogP contribution in [0.3, 0.4) is 0 Å². The van der Waals surface area contributed by atoms with Crippen LogP contribution in [-0.4, -0.2) is 45.4 Å². The lowest BCUT2D eigenvalue weighted by atomic mass is 10.0. The molecule has 2 aromatic heterocycles. The van der Waals surface area contributed by atoms with Crippen LogP contribution in [0, 0.1) is 0 Å². The van der Waals surface area contributed by atoms with Crippen molar-refractivity contribution in [3.05, 3.63) is 41.0 Å². The molecule has 0 spiro atoms. The van der Waals surface area contributed by atoms with Crippen molar-refractivity contribution in [3.8, 4) is 10.6 Å². The number of hydrogen-bond acceptors (Lipinski definition) is 6. The molecule has 7 nitrogen and oxygen atoms in total. The number of benzene rings is 1. The monoisotopic (exact) mass is 459 g/mol. The first-order valence-electron chi connectivity index (χ1n) is 8.74. The fourth-order valence-electron chi connectivity index (χ4n) is 3.08. The Hall–Kier alpha value is -2.52. The lowest BCUT2D eigenvalue weighted by molar-refractivity contribution is -0.125. The van der Waals surface area contributed by atoms with Crippen molar-refractivity contribution in [2.24, 2.45) is 0 Å². The minimum absolute atomic E-state index is 0.288. The van der Waals surface area contributed by atoms with E-state index in [1.807, 2.05) is 12.1 Å². The normalized spacial score (nSPS) is 15.9. The lowest BCUT2D eigenvalue weighted by Gasteiger charge is -2.27. The summed E-state index contributed by atoms with van der Waals surface area (Å²) >= 11 is 5.20. The second-order valence-electron chi connectivity index (χ2n) is 6.94. The van der Waals surface area contributed by atoms with Crippen LogP contribution in [0.4, 0.5) is 10.7 Å². The highest BCUT2D eigenvalue weighted by Crippen LogP contribution is 2.36. The van der Waals surface area contributed by atoms with Gasteiger partial charge in [0.1, 0.15) is 11.2 Å². The number of thiophene rings is 1. The van der Waals surface area contributed by atoms with Gasteiger partial charge in [-0.1, -0.05) is 18.2 Å². The Morgan fingerprint density at radius 1 is 1.29 bits per heavy atom. The van der Waals surface area contributed by atoms with Gasteiger partial charge < -0.3 is 10.2 Å². The van der Waals surface area contributed by atoms with E-state index in [9.17, 15) is 9.59 Å². The molecular formula is C19H18BrN5O2S. The summed E-state index contributed by atoms with van der Waals surface area (Å²) in [4.78, 5) is 35.3. The van der Waals surface area contributed by atoms with Crippen LogP contribution >= 0.6 is 27.3 Å². The highest BCUT2D eigenvalue weighted by Gasteiger charge is 2.44. The van der Waals surface area contributed by atoms with Crippen molar-refractivity contribution >= 4 is 55.2 Å². The molecule has 3 aromatic rings. The van der Waals surface area contributed by atoms with Gasteiger partial charge in [0.05, 0.1) is 9.35 Å². The number of amides is 3. The number of nitrogens with zero attached hydrogens (tertiary/aromatic N) is 3. The molecule has 4 rings (SSSR count). The quantitative estimate of drug-likeness (QED) is 0.565. The van der Waals surface area contributed by atoms with Crippen LogP contribution in [0.15, 0.2) is 41.0 Å². The summed E-state index contributed by atoms with van der Waals surface area (Å²) in [7, 11) is 0. The third-order valence-corrected chi connectivity index (χ3v) is 6.42. The van der Waals surface area contributed by atoms with Crippen molar-refractivity contribution in [3.63, 3.8) is 0 Å². The van der Waals surface area contributed by atoms with Crippen LogP contribution in [-0.2, 0) is 4.79 Å². The summed E-state index contributed by atoms with van der Waals surface area (Å²) in [6.45, 7) is 4.24. The Labute approximate surface area is 174 Å². The van der Waals surface area contributed by atoms with Gasteiger partial charge in [-0.3, -0.25) is 10.1 Å². The van der Waals surface area contributed by atoms with E-state index in [0.29, 0.717) is 19.0 Å². The number of urea groups is 1. The van der Waals surface area contributed by atoms with E-state index in [0.717, 1.165) is 15.0 Å². The molecule has 144 valence electrons. The zero-order chi connectivity index (χ0) is 19.9. The van der Waals surface area contributed by atoms with Gasteiger partial charge >= 0.3 is 6.03 Å². The SMILES string of the molecule is CC1(C)C(=O)NC(=O)N1CCNc1ncc(Br)c(-c2cc3ccccc3s2)n1. The van der Waals surface area contributed by atoms with Crippen LogP contribution < -0.4 is 10.6 Å². The Bertz CT molecular complexity index is 1050. The maximum Gasteiger partial charge on any atom is 0.325 e. The summed E-state index contributed by atoms with van der Waals surface area (Å²) in [5.41, 5.74) is -0.0465. The van der Waals surface area contributed by atoms with Gasteiger partial charge in [-0.15, -0.1) is 11.3 Å². The van der Waals surface area contributed by atoms with Crippen molar-refractivity contribution in [2.45, 2.75) is 19.4 Å². The Balaban J connectivity index is 1.50. The predicted molar refractivity (Wildman–Crippen MR) is 113 cm³/mol. The van der Waals surface area contributed by atoms with Crippen molar-refractivity contribution in [2.75, 3.05) is 18.4 Å². The van der Waals surface area contributed by atoms with Gasteiger partial charge in [0.2, 0.25) is 5.95 Å². The molecule has 0 aliphatic carbocycles. The minimum Gasteiger partial charge on any atom is -0.352 e. The molecule has 0 radical (unpaired) electrons. The molecule has 0 atom stereocenters. The summed E-state index contributed by atoms with van der Waals surface area (Å²) in [5, 5.41) is 6.66. The molecule has 1 aliphatic rings. The molecule has 2 N–H and O–H groups in total. The number of aromatic nitrogens is 2. The zero-order valence-corrected chi connectivity index (χ0v) is 17.7. The Morgan fingerprint density at radius 2 is 2.07 bits per heavy atom. The van der Waals surface area contributed by atoms with Gasteiger partial charge in [-0.05, 0) is 47.3 Å². The van der Waals surface area contributed by atoms with E-state index < -0.39 is 5.54 Å². The largest absolute Gasteiger partial charge is 0.352 e. The maximum absolute atomic E-state index is 11.9. The summed E-state index contributed by atoms with van der Waals surface area (Å²) in [6.07, 6.45) is 1.71. The van der Waals surface area contributed by atoms with E-state index in [1.165, 1.54) is 15.0 Å². The molecule has 9 heteroatoms. The first-order valence-corrected chi connectivity index (χ1v) is 10.4. The number of imide groups is 1. The molecule has 0 saturated carbocycles. The standard InChI is InChI=1S/C19H18BrN5O2S/c1-19(2)16(26)24-18(27)25(19)8-7-21-17-22-10-12(20)15(23-17)14-9-11-5-3-4-6-13(11)28-14/h3-6,9-10H,7-8H2,1-2H3,(H,21,22,23)(H,24,26,27). The minimum atomic E-state index is -0.860. The average Bonchev–Trinajstić information content (AvgIpc) is 3.17. The van der Waals surface area contributed by atoms with Gasteiger partial charge in [0.15, 0.2) is 0 Å². The number of carbonyl (C=O) groups is 2. The lowest BCUT2D eigenvalue weighted by Crippen LogP contribution is -2.46. The van der Waals surface area contributed by atoms with E-state index in [1.54, 1.807) is 31.4 Å². The van der Waals surface area contributed by atoms with Crippen LogP contribution in [0.1, 0.15) is 13.8 Å². The van der Waals surface area contributed by atoms with Crippen LogP contribution in [0.2, 0.25) is 0 Å². The Morgan fingerprint density at radius 3 is 2.79 bits per heavy atom. The van der Waals surface area contributed by atoms with E-state index in [-0.39, 0.29) is 11.9 Å². The molecule has 1 aromatic carbocycles. The predicted octanol–water partition coefficient (Wildman–Crippen LogP) is 3.86. The van der Waals surface area contributed by atoms with Gasteiger partial charge in [0.25, 0.3) is 5.91 Å². The smallest absolute Gasteiger partial charge is 0.325 e. The van der Waals surface area contributed by atoms with E-state index >= 15 is 0 Å². The number of carbonyl (C=O) groups excluding carboxylic acids is 2. The number of anilines is 1. The first kappa shape index (κ1) is 18.8. The highest BCUT2D eigenvalue weighted by molar-refractivity contribution is 9.10. The number of hydrogen-bond donors (Lipinski definition) is 2. The third-order valence-electron chi connectivity index (χ3n) is 4.72. The molecule has 1 fully saturated rings. The third kappa shape index (κ3) is 3.35. The van der Waals surface area contributed by atoms with Gasteiger partial charge in [-0.25, -0.2) is 14.8 Å². The number of nitrogens with one attached hydrogen (secondary N) is 2. The van der Waals surface area contributed by atoms with Crippen LogP contribution in [0.25, 0.3) is 20.7 Å². The molecule has 3 amide bonds. The van der Waals surface area contributed by atoms with E-state index in [2.05, 4.69) is 54.7 Å². The molecule has 3 heterocycles. The maximum atomic E-state index is 11.9. The molecule has 1 saturated heterocycles. The van der Waals surface area contributed by atoms with E-state index in [4.69, 9.17) is 0 Å². The topological polar surface area (TPSA) is 87.2 Å². The summed E-state index contributed by atoms with van der Waals surface area (Å²) in [5.74, 6) is 0.184. The van der Waals surface area contributed by atoms with Gasteiger partial charge in [-0.2, -0.15) is 0 Å². The molecule has 28 heavy (non-hydrogen) atoms. The fraction of sp³-hybridized carbons (Fsp3) is 0.263. The highest BCUT2D eigenvalue weighted by atomic mass is 79.9. The second-order valence-corrected chi connectivity index (χ2v) is 8.87. The first-order chi connectivity index (χ1) is 13.4. The number of halogens is 1. The summed E-state index contributed by atoms with van der Waals surface area (Å²) < 4.78 is 2.01.